The van der Waals surface area contributed by atoms with Gasteiger partial charge < -0.3 is 33.7 Å². The smallest absolute Gasteiger partial charge is 0.329 e. The van der Waals surface area contributed by atoms with Gasteiger partial charge >= 0.3 is 11.9 Å². The van der Waals surface area contributed by atoms with Crippen LogP contribution >= 0.6 is 0 Å². The summed E-state index contributed by atoms with van der Waals surface area (Å²) in [6.07, 6.45) is 1.26. The molecule has 1 fully saturated rings. The zero-order valence-corrected chi connectivity index (χ0v) is 21.3. The Morgan fingerprint density at radius 2 is 1.89 bits per heavy atom. The standard InChI is InChI=1S/C26H32N2O9/c1-16-23(33-4)21(37-18-9-6-5-7-10-18)12-8-11-19(26(31)36-16)28-25(30)22-24(35-15-34-17(2)29)20(32-3)13-14-27-22/h5-7,9-10,13-14,16,19,21,23H,8,11-12,15H2,1-4H3,(H,28,30)/t16-,19-,21-,23-/m0/s1. The molecular weight excluding hydrogens is 484 g/mol. The lowest BCUT2D eigenvalue weighted by molar-refractivity contribution is -0.160. The minimum atomic E-state index is -0.947. The summed E-state index contributed by atoms with van der Waals surface area (Å²) in [5, 5.41) is 2.69. The first-order valence-electron chi connectivity index (χ1n) is 11.9. The molecule has 1 amide bonds. The highest BCUT2D eigenvalue weighted by atomic mass is 16.7. The minimum Gasteiger partial charge on any atom is -0.493 e. The maximum absolute atomic E-state index is 13.2. The van der Waals surface area contributed by atoms with E-state index in [4.69, 9.17) is 28.4 Å². The van der Waals surface area contributed by atoms with Crippen molar-refractivity contribution in [3.05, 3.63) is 48.3 Å². The van der Waals surface area contributed by atoms with Crippen LogP contribution in [0.4, 0.5) is 0 Å². The van der Waals surface area contributed by atoms with Crippen molar-refractivity contribution in [1.82, 2.24) is 10.3 Å². The molecule has 0 unspecified atom stereocenters. The summed E-state index contributed by atoms with van der Waals surface area (Å²) >= 11 is 0. The SMILES string of the molecule is COc1ccnc(C(=O)N[C@H]2CCC[C@H](Oc3ccccc3)[C@@H](OC)[C@H](C)OC2=O)c1OCOC(C)=O. The number of carbonyl (C=O) groups is 3. The molecule has 37 heavy (non-hydrogen) atoms. The van der Waals surface area contributed by atoms with Crippen molar-refractivity contribution in [3.63, 3.8) is 0 Å². The lowest BCUT2D eigenvalue weighted by Gasteiger charge is -2.30. The number of hydrogen-bond donors (Lipinski definition) is 1. The number of pyridine rings is 1. The zero-order chi connectivity index (χ0) is 26.8. The highest BCUT2D eigenvalue weighted by Gasteiger charge is 2.36. The number of cyclic esters (lactones) is 1. The van der Waals surface area contributed by atoms with Crippen molar-refractivity contribution in [2.24, 2.45) is 0 Å². The van der Waals surface area contributed by atoms with Crippen LogP contribution in [0.3, 0.4) is 0 Å². The Labute approximate surface area is 215 Å². The summed E-state index contributed by atoms with van der Waals surface area (Å²) in [7, 11) is 2.94. The molecule has 1 N–H and O–H groups in total. The summed E-state index contributed by atoms with van der Waals surface area (Å²) in [4.78, 5) is 41.4. The molecule has 1 aliphatic heterocycles. The van der Waals surface area contributed by atoms with Gasteiger partial charge in [-0.05, 0) is 38.3 Å². The van der Waals surface area contributed by atoms with Crippen molar-refractivity contribution in [3.8, 4) is 17.2 Å². The van der Waals surface area contributed by atoms with Gasteiger partial charge in [0.1, 0.15) is 30.1 Å². The van der Waals surface area contributed by atoms with E-state index in [1.165, 1.54) is 26.3 Å². The molecule has 0 radical (unpaired) electrons. The molecule has 1 aliphatic rings. The van der Waals surface area contributed by atoms with Gasteiger partial charge in [0.25, 0.3) is 5.91 Å². The Balaban J connectivity index is 1.75. The van der Waals surface area contributed by atoms with Gasteiger partial charge in [-0.3, -0.25) is 9.59 Å². The van der Waals surface area contributed by atoms with Crippen molar-refractivity contribution in [2.75, 3.05) is 21.0 Å². The van der Waals surface area contributed by atoms with Gasteiger partial charge in [0.2, 0.25) is 6.79 Å². The van der Waals surface area contributed by atoms with Crippen LogP contribution in [0.2, 0.25) is 0 Å². The second-order valence-electron chi connectivity index (χ2n) is 8.36. The van der Waals surface area contributed by atoms with Crippen LogP contribution in [0.1, 0.15) is 43.6 Å². The first-order chi connectivity index (χ1) is 17.8. The third kappa shape index (κ3) is 7.56. The fourth-order valence-corrected chi connectivity index (χ4v) is 4.00. The molecule has 0 aliphatic carbocycles. The van der Waals surface area contributed by atoms with E-state index in [1.54, 1.807) is 14.0 Å². The summed E-state index contributed by atoms with van der Waals surface area (Å²) < 4.78 is 33.0. The van der Waals surface area contributed by atoms with E-state index in [2.05, 4.69) is 10.3 Å². The number of methoxy groups -OCH3 is 2. The van der Waals surface area contributed by atoms with Crippen LogP contribution < -0.4 is 19.5 Å². The Hall–Kier alpha value is -3.86. The molecular formula is C26H32N2O9. The number of aromatic nitrogens is 1. The van der Waals surface area contributed by atoms with Crippen molar-refractivity contribution < 1.29 is 42.8 Å². The predicted molar refractivity (Wildman–Crippen MR) is 130 cm³/mol. The van der Waals surface area contributed by atoms with E-state index in [9.17, 15) is 14.4 Å². The molecule has 2 aromatic rings. The summed E-state index contributed by atoms with van der Waals surface area (Å²) in [5.41, 5.74) is -0.132. The molecule has 3 rings (SSSR count). The average Bonchev–Trinajstić information content (AvgIpc) is 2.93. The van der Waals surface area contributed by atoms with Crippen LogP contribution in [-0.2, 0) is 23.8 Å². The Morgan fingerprint density at radius 1 is 1.14 bits per heavy atom. The molecule has 1 saturated heterocycles. The largest absolute Gasteiger partial charge is 0.493 e. The fraction of sp³-hybridized carbons (Fsp3) is 0.462. The minimum absolute atomic E-state index is 0.0238. The number of esters is 2. The van der Waals surface area contributed by atoms with E-state index in [-0.39, 0.29) is 23.3 Å². The second-order valence-corrected chi connectivity index (χ2v) is 8.36. The third-order valence-electron chi connectivity index (χ3n) is 5.77. The van der Waals surface area contributed by atoms with E-state index < -0.39 is 42.9 Å². The first kappa shape index (κ1) is 27.7. The molecule has 1 aromatic carbocycles. The van der Waals surface area contributed by atoms with Gasteiger partial charge in [-0.15, -0.1) is 0 Å². The quantitative estimate of drug-likeness (QED) is 0.392. The molecule has 4 atom stereocenters. The molecule has 2 heterocycles. The molecule has 0 spiro atoms. The highest BCUT2D eigenvalue weighted by molar-refractivity contribution is 5.98. The number of para-hydroxylation sites is 1. The van der Waals surface area contributed by atoms with Crippen molar-refractivity contribution in [2.45, 2.75) is 57.5 Å². The van der Waals surface area contributed by atoms with Gasteiger partial charge in [-0.1, -0.05) is 18.2 Å². The zero-order valence-electron chi connectivity index (χ0n) is 21.3. The third-order valence-corrected chi connectivity index (χ3v) is 5.77. The second kappa shape index (κ2) is 13.4. The molecule has 11 heteroatoms. The molecule has 0 saturated carbocycles. The molecule has 1 aromatic heterocycles. The number of nitrogens with one attached hydrogen (secondary N) is 1. The first-order valence-corrected chi connectivity index (χ1v) is 11.9. The van der Waals surface area contributed by atoms with E-state index in [1.807, 2.05) is 30.3 Å². The summed E-state index contributed by atoms with van der Waals surface area (Å²) in [6, 6.07) is 9.88. The summed E-state index contributed by atoms with van der Waals surface area (Å²) in [6.45, 7) is 2.51. The number of nitrogens with zero attached hydrogens (tertiary/aromatic N) is 1. The van der Waals surface area contributed by atoms with Gasteiger partial charge in [0, 0.05) is 26.3 Å². The Morgan fingerprint density at radius 3 is 2.57 bits per heavy atom. The van der Waals surface area contributed by atoms with Crippen molar-refractivity contribution in [1.29, 1.82) is 0 Å². The van der Waals surface area contributed by atoms with E-state index in [0.717, 1.165) is 0 Å². The average molecular weight is 517 g/mol. The predicted octanol–water partition coefficient (Wildman–Crippen LogP) is 2.67. The monoisotopic (exact) mass is 516 g/mol. The van der Waals surface area contributed by atoms with Gasteiger partial charge in [0.05, 0.1) is 7.11 Å². The van der Waals surface area contributed by atoms with Crippen molar-refractivity contribution >= 4 is 17.8 Å². The van der Waals surface area contributed by atoms with Gasteiger partial charge in [-0.2, -0.15) is 0 Å². The maximum Gasteiger partial charge on any atom is 0.329 e. The number of amides is 1. The van der Waals surface area contributed by atoms with Crippen LogP contribution in [0.25, 0.3) is 0 Å². The van der Waals surface area contributed by atoms with E-state index in [0.29, 0.717) is 25.0 Å². The molecule has 0 bridgehead atoms. The molecule has 11 nitrogen and oxygen atoms in total. The lowest BCUT2D eigenvalue weighted by atomic mass is 10.0. The topological polar surface area (TPSA) is 132 Å². The Kier molecular flexibility index (Phi) is 10.1. The summed E-state index contributed by atoms with van der Waals surface area (Å²) in [5.74, 6) is -0.964. The van der Waals surface area contributed by atoms with E-state index >= 15 is 0 Å². The Bertz CT molecular complexity index is 1060. The fourth-order valence-electron chi connectivity index (χ4n) is 4.00. The number of benzene rings is 1. The highest BCUT2D eigenvalue weighted by Crippen LogP contribution is 2.30. The number of rotatable bonds is 9. The van der Waals surface area contributed by atoms with Gasteiger partial charge in [-0.25, -0.2) is 9.78 Å². The van der Waals surface area contributed by atoms with Gasteiger partial charge in [0.15, 0.2) is 17.2 Å². The maximum atomic E-state index is 13.2. The lowest BCUT2D eigenvalue weighted by Crippen LogP contribution is -2.46. The van der Waals surface area contributed by atoms with Crippen LogP contribution in [0.5, 0.6) is 17.2 Å². The number of hydrogen-bond acceptors (Lipinski definition) is 10. The van der Waals surface area contributed by atoms with Crippen LogP contribution in [0.15, 0.2) is 42.6 Å². The number of carbonyl (C=O) groups excluding carboxylic acids is 3. The van der Waals surface area contributed by atoms with Crippen LogP contribution in [0, 0.1) is 0 Å². The number of ether oxygens (including phenoxy) is 6. The normalized spacial score (nSPS) is 21.9. The molecule has 200 valence electrons. The van der Waals surface area contributed by atoms with Crippen LogP contribution in [-0.4, -0.2) is 68.2 Å².